The fraction of sp³-hybridized carbons (Fsp3) is 0.214. The molecule has 106 valence electrons. The van der Waals surface area contributed by atoms with E-state index in [1.165, 1.54) is 0 Å². The summed E-state index contributed by atoms with van der Waals surface area (Å²) >= 11 is 0. The van der Waals surface area contributed by atoms with Crippen molar-refractivity contribution in [2.75, 3.05) is 7.05 Å². The Labute approximate surface area is 113 Å². The molecule has 0 amide bonds. The van der Waals surface area contributed by atoms with Crippen LogP contribution in [0.5, 0.6) is 0 Å². The van der Waals surface area contributed by atoms with Gasteiger partial charge in [0.2, 0.25) is 0 Å². The van der Waals surface area contributed by atoms with Crippen LogP contribution < -0.4 is 5.32 Å². The number of pyridine rings is 1. The van der Waals surface area contributed by atoms with Crippen LogP contribution >= 0.6 is 0 Å². The summed E-state index contributed by atoms with van der Waals surface area (Å²) in [5.74, 6) is -0.936. The summed E-state index contributed by atoms with van der Waals surface area (Å²) in [5.41, 5.74) is 0.249. The molecular weight excluding hydrogens is 272 g/mol. The van der Waals surface area contributed by atoms with Crippen molar-refractivity contribution < 1.29 is 17.6 Å². The second kappa shape index (κ2) is 5.58. The van der Waals surface area contributed by atoms with Crippen molar-refractivity contribution in [1.82, 2.24) is 10.3 Å². The summed E-state index contributed by atoms with van der Waals surface area (Å²) in [6, 6.07) is 5.76. The predicted octanol–water partition coefficient (Wildman–Crippen LogP) is 3.63. The van der Waals surface area contributed by atoms with Crippen molar-refractivity contribution in [2.24, 2.45) is 0 Å². The largest absolute Gasteiger partial charge is 0.416 e. The lowest BCUT2D eigenvalue weighted by Crippen LogP contribution is -2.06. The zero-order valence-corrected chi connectivity index (χ0v) is 10.6. The molecule has 0 saturated heterocycles. The fourth-order valence-electron chi connectivity index (χ4n) is 1.79. The Kier molecular flexibility index (Phi) is 4.04. The van der Waals surface area contributed by atoms with Crippen molar-refractivity contribution in [3.8, 4) is 11.3 Å². The van der Waals surface area contributed by atoms with Crippen molar-refractivity contribution in [2.45, 2.75) is 12.7 Å². The van der Waals surface area contributed by atoms with E-state index in [0.717, 1.165) is 17.7 Å². The van der Waals surface area contributed by atoms with Crippen LogP contribution in [0.3, 0.4) is 0 Å². The number of aromatic nitrogens is 1. The molecule has 20 heavy (non-hydrogen) atoms. The molecule has 2 rings (SSSR count). The van der Waals surface area contributed by atoms with Gasteiger partial charge in [0.25, 0.3) is 0 Å². The van der Waals surface area contributed by atoms with Crippen molar-refractivity contribution in [3.63, 3.8) is 0 Å². The normalized spacial score (nSPS) is 11.7. The van der Waals surface area contributed by atoms with Crippen LogP contribution in [-0.2, 0) is 12.7 Å². The Balaban J connectivity index is 2.33. The van der Waals surface area contributed by atoms with Crippen molar-refractivity contribution in [1.29, 1.82) is 0 Å². The number of benzene rings is 1. The van der Waals surface area contributed by atoms with Crippen LogP contribution in [0.15, 0.2) is 36.5 Å². The van der Waals surface area contributed by atoms with E-state index < -0.39 is 17.6 Å². The molecule has 0 aliphatic carbocycles. The highest BCUT2D eigenvalue weighted by molar-refractivity contribution is 5.60. The van der Waals surface area contributed by atoms with E-state index in [2.05, 4.69) is 10.3 Å². The first-order valence-corrected chi connectivity index (χ1v) is 5.88. The topological polar surface area (TPSA) is 24.9 Å². The van der Waals surface area contributed by atoms with Gasteiger partial charge in [-0.1, -0.05) is 6.07 Å². The third-order valence-electron chi connectivity index (χ3n) is 2.78. The molecule has 0 saturated carbocycles. The predicted molar refractivity (Wildman–Crippen MR) is 67.4 cm³/mol. The zero-order chi connectivity index (χ0) is 14.8. The Morgan fingerprint density at radius 1 is 1.15 bits per heavy atom. The van der Waals surface area contributed by atoms with Crippen LogP contribution in [0.1, 0.15) is 11.1 Å². The monoisotopic (exact) mass is 284 g/mol. The lowest BCUT2D eigenvalue weighted by Gasteiger charge is -2.09. The molecule has 0 radical (unpaired) electrons. The minimum absolute atomic E-state index is 0.0500. The molecule has 2 nitrogen and oxygen atoms in total. The number of alkyl halides is 3. The zero-order valence-electron chi connectivity index (χ0n) is 10.6. The number of nitrogens with one attached hydrogen (secondary N) is 1. The van der Waals surface area contributed by atoms with E-state index >= 15 is 0 Å². The molecular formula is C14H12F4N2. The van der Waals surface area contributed by atoms with Gasteiger partial charge in [-0.25, -0.2) is 4.39 Å². The van der Waals surface area contributed by atoms with Gasteiger partial charge in [-0.2, -0.15) is 13.2 Å². The summed E-state index contributed by atoms with van der Waals surface area (Å²) in [7, 11) is 1.78. The number of hydrogen-bond donors (Lipinski definition) is 1. The average Bonchev–Trinajstić information content (AvgIpc) is 2.39. The highest BCUT2D eigenvalue weighted by Gasteiger charge is 2.31. The summed E-state index contributed by atoms with van der Waals surface area (Å²) in [6.07, 6.45) is -2.99. The van der Waals surface area contributed by atoms with E-state index in [0.29, 0.717) is 18.3 Å². The minimum Gasteiger partial charge on any atom is -0.316 e. The molecule has 1 aromatic heterocycles. The van der Waals surface area contributed by atoms with Gasteiger partial charge in [-0.3, -0.25) is 4.98 Å². The van der Waals surface area contributed by atoms with Gasteiger partial charge >= 0.3 is 6.18 Å². The molecule has 6 heteroatoms. The van der Waals surface area contributed by atoms with Gasteiger partial charge in [0.1, 0.15) is 5.82 Å². The molecule has 0 aliphatic heterocycles. The SMILES string of the molecule is CNCc1ccc(-c2ccc(C(F)(F)F)cc2F)nc1. The van der Waals surface area contributed by atoms with E-state index in [4.69, 9.17) is 0 Å². The summed E-state index contributed by atoms with van der Waals surface area (Å²) in [6.45, 7) is 0.614. The Bertz CT molecular complexity index is 591. The second-order valence-corrected chi connectivity index (χ2v) is 4.27. The molecule has 0 aliphatic rings. The van der Waals surface area contributed by atoms with Gasteiger partial charge in [-0.15, -0.1) is 0 Å². The summed E-state index contributed by atoms with van der Waals surface area (Å²) in [4.78, 5) is 4.06. The standard InChI is InChI=1S/C14H12F4N2/c1-19-7-9-2-5-13(20-8-9)11-4-3-10(6-12(11)15)14(16,17)18/h2-6,8,19H,7H2,1H3. The average molecular weight is 284 g/mol. The van der Waals surface area contributed by atoms with E-state index in [1.807, 2.05) is 0 Å². The molecule has 1 heterocycles. The van der Waals surface area contributed by atoms with Crippen molar-refractivity contribution in [3.05, 3.63) is 53.5 Å². The summed E-state index contributed by atoms with van der Waals surface area (Å²) < 4.78 is 51.1. The van der Waals surface area contributed by atoms with E-state index in [9.17, 15) is 17.6 Å². The molecule has 0 spiro atoms. The van der Waals surface area contributed by atoms with E-state index in [1.54, 1.807) is 25.4 Å². The lowest BCUT2D eigenvalue weighted by molar-refractivity contribution is -0.137. The minimum atomic E-state index is -4.55. The maximum absolute atomic E-state index is 13.8. The highest BCUT2D eigenvalue weighted by Crippen LogP contribution is 2.32. The third-order valence-corrected chi connectivity index (χ3v) is 2.78. The van der Waals surface area contributed by atoms with Crippen molar-refractivity contribution >= 4 is 0 Å². The van der Waals surface area contributed by atoms with Gasteiger partial charge in [0.05, 0.1) is 11.3 Å². The molecule has 2 aromatic rings. The quantitative estimate of drug-likeness (QED) is 0.871. The number of nitrogens with zero attached hydrogens (tertiary/aromatic N) is 1. The molecule has 0 atom stereocenters. The smallest absolute Gasteiger partial charge is 0.316 e. The molecule has 1 N–H and O–H groups in total. The lowest BCUT2D eigenvalue weighted by atomic mass is 10.1. The fourth-order valence-corrected chi connectivity index (χ4v) is 1.79. The Morgan fingerprint density at radius 3 is 2.40 bits per heavy atom. The van der Waals surface area contributed by atoms with Crippen LogP contribution in [0, 0.1) is 5.82 Å². The first-order chi connectivity index (χ1) is 9.41. The van der Waals surface area contributed by atoms with Crippen LogP contribution in [0.2, 0.25) is 0 Å². The van der Waals surface area contributed by atoms with Crippen LogP contribution in [-0.4, -0.2) is 12.0 Å². The first kappa shape index (κ1) is 14.5. The number of hydrogen-bond acceptors (Lipinski definition) is 2. The van der Waals surface area contributed by atoms with E-state index in [-0.39, 0.29) is 5.56 Å². The first-order valence-electron chi connectivity index (χ1n) is 5.88. The van der Waals surface area contributed by atoms with Crippen LogP contribution in [0.25, 0.3) is 11.3 Å². The highest BCUT2D eigenvalue weighted by atomic mass is 19.4. The van der Waals surface area contributed by atoms with Gasteiger partial charge in [0.15, 0.2) is 0 Å². The number of halogens is 4. The molecule has 0 bridgehead atoms. The second-order valence-electron chi connectivity index (χ2n) is 4.27. The van der Waals surface area contributed by atoms with Gasteiger partial charge in [-0.05, 0) is 36.9 Å². The molecule has 0 fully saturated rings. The number of rotatable bonds is 3. The van der Waals surface area contributed by atoms with Crippen LogP contribution in [0.4, 0.5) is 17.6 Å². The maximum Gasteiger partial charge on any atom is 0.416 e. The summed E-state index contributed by atoms with van der Waals surface area (Å²) in [5, 5.41) is 2.94. The maximum atomic E-state index is 13.8. The van der Waals surface area contributed by atoms with Gasteiger partial charge in [0, 0.05) is 18.3 Å². The molecule has 1 aromatic carbocycles. The Hall–Kier alpha value is -1.95. The van der Waals surface area contributed by atoms with Gasteiger partial charge < -0.3 is 5.32 Å². The Morgan fingerprint density at radius 2 is 1.90 bits per heavy atom. The molecule has 0 unspecified atom stereocenters. The third kappa shape index (κ3) is 3.14.